The Morgan fingerprint density at radius 2 is 2.13 bits per heavy atom. The number of anilines is 1. The van der Waals surface area contributed by atoms with E-state index in [4.69, 9.17) is 16.1 Å². The van der Waals surface area contributed by atoms with Crippen molar-refractivity contribution in [2.45, 2.75) is 10.6 Å². The molecule has 1 amide bonds. The zero-order valence-corrected chi connectivity index (χ0v) is 13.3. The lowest BCUT2D eigenvalue weighted by Gasteiger charge is -2.13. The SMILES string of the molecule is O=C(Nc1ccc(Cl)cn1)c1noc2c1CSc1ccccc1-2. The molecule has 0 bridgehead atoms. The maximum atomic E-state index is 12.4. The molecule has 1 aromatic carbocycles. The van der Waals surface area contributed by atoms with Crippen LogP contribution in [0.15, 0.2) is 52.0 Å². The fourth-order valence-corrected chi connectivity index (χ4v) is 3.56. The Morgan fingerprint density at radius 1 is 1.26 bits per heavy atom. The van der Waals surface area contributed by atoms with E-state index in [-0.39, 0.29) is 5.91 Å². The molecule has 0 spiro atoms. The first kappa shape index (κ1) is 14.3. The highest BCUT2D eigenvalue weighted by molar-refractivity contribution is 7.98. The number of nitrogens with zero attached hydrogens (tertiary/aromatic N) is 2. The molecule has 23 heavy (non-hydrogen) atoms. The number of fused-ring (bicyclic) bond motifs is 3. The molecular formula is C16H10ClN3O2S. The second-order valence-electron chi connectivity index (χ2n) is 4.94. The Kier molecular flexibility index (Phi) is 3.55. The van der Waals surface area contributed by atoms with Crippen LogP contribution >= 0.6 is 23.4 Å². The molecular weight excluding hydrogens is 334 g/mol. The van der Waals surface area contributed by atoms with Gasteiger partial charge in [0, 0.05) is 28.0 Å². The van der Waals surface area contributed by atoms with Gasteiger partial charge in [-0.1, -0.05) is 28.9 Å². The summed E-state index contributed by atoms with van der Waals surface area (Å²) < 4.78 is 5.43. The lowest BCUT2D eigenvalue weighted by Crippen LogP contribution is -2.15. The average molecular weight is 344 g/mol. The third-order valence-corrected chi connectivity index (χ3v) is 4.80. The molecule has 5 nitrogen and oxygen atoms in total. The molecule has 114 valence electrons. The van der Waals surface area contributed by atoms with Crippen LogP contribution in [0, 0.1) is 0 Å². The molecule has 4 rings (SSSR count). The quantitative estimate of drug-likeness (QED) is 0.753. The lowest BCUT2D eigenvalue weighted by atomic mass is 10.1. The second-order valence-corrected chi connectivity index (χ2v) is 6.39. The summed E-state index contributed by atoms with van der Waals surface area (Å²) in [5.41, 5.74) is 2.06. The van der Waals surface area contributed by atoms with Gasteiger partial charge in [0.15, 0.2) is 11.5 Å². The molecule has 1 N–H and O–H groups in total. The van der Waals surface area contributed by atoms with Gasteiger partial charge in [0.1, 0.15) is 5.82 Å². The minimum atomic E-state index is -0.343. The van der Waals surface area contributed by atoms with Gasteiger partial charge in [0.25, 0.3) is 5.91 Å². The zero-order chi connectivity index (χ0) is 15.8. The monoisotopic (exact) mass is 343 g/mol. The number of thioether (sulfide) groups is 1. The third-order valence-electron chi connectivity index (χ3n) is 3.48. The van der Waals surface area contributed by atoms with Crippen LogP contribution in [0.5, 0.6) is 0 Å². The molecule has 3 aromatic rings. The van der Waals surface area contributed by atoms with Crippen molar-refractivity contribution in [2.24, 2.45) is 0 Å². The van der Waals surface area contributed by atoms with Crippen molar-refractivity contribution in [3.8, 4) is 11.3 Å². The van der Waals surface area contributed by atoms with E-state index < -0.39 is 0 Å². The molecule has 1 aliphatic heterocycles. The standard InChI is InChI=1S/C16H10ClN3O2S/c17-9-5-6-13(18-7-9)19-16(21)14-11-8-23-12-4-2-1-3-10(12)15(11)22-20-14/h1-7H,8H2,(H,18,19,21). The molecule has 3 heterocycles. The van der Waals surface area contributed by atoms with Gasteiger partial charge in [0.05, 0.1) is 5.02 Å². The number of carbonyl (C=O) groups excluding carboxylic acids is 1. The Balaban J connectivity index is 1.65. The van der Waals surface area contributed by atoms with Crippen LogP contribution in [0.25, 0.3) is 11.3 Å². The van der Waals surface area contributed by atoms with Crippen molar-refractivity contribution in [2.75, 3.05) is 5.32 Å². The summed E-state index contributed by atoms with van der Waals surface area (Å²) in [5.74, 6) is 1.38. The summed E-state index contributed by atoms with van der Waals surface area (Å²) in [6, 6.07) is 11.2. The topological polar surface area (TPSA) is 68.0 Å². The Bertz CT molecular complexity index is 893. The first-order valence-corrected chi connectivity index (χ1v) is 8.22. The van der Waals surface area contributed by atoms with E-state index in [2.05, 4.69) is 15.5 Å². The lowest BCUT2D eigenvalue weighted by molar-refractivity contribution is 0.101. The number of nitrogens with one attached hydrogen (secondary N) is 1. The van der Waals surface area contributed by atoms with E-state index in [0.29, 0.717) is 28.0 Å². The summed E-state index contributed by atoms with van der Waals surface area (Å²) >= 11 is 7.45. The Morgan fingerprint density at radius 3 is 2.96 bits per heavy atom. The van der Waals surface area contributed by atoms with Gasteiger partial charge in [-0.15, -0.1) is 11.8 Å². The molecule has 0 unspecified atom stereocenters. The third kappa shape index (κ3) is 2.60. The predicted molar refractivity (Wildman–Crippen MR) is 88.7 cm³/mol. The van der Waals surface area contributed by atoms with Gasteiger partial charge in [-0.05, 0) is 24.3 Å². The van der Waals surface area contributed by atoms with Crippen molar-refractivity contribution in [3.63, 3.8) is 0 Å². The number of hydrogen-bond donors (Lipinski definition) is 1. The molecule has 2 aromatic heterocycles. The molecule has 0 radical (unpaired) electrons. The van der Waals surface area contributed by atoms with Crippen LogP contribution in [-0.2, 0) is 5.75 Å². The number of carbonyl (C=O) groups is 1. The maximum absolute atomic E-state index is 12.4. The molecule has 0 fully saturated rings. The fraction of sp³-hybridized carbons (Fsp3) is 0.0625. The number of amides is 1. The zero-order valence-electron chi connectivity index (χ0n) is 11.7. The Labute approximate surface area is 141 Å². The van der Waals surface area contributed by atoms with Crippen LogP contribution in [0.4, 0.5) is 5.82 Å². The molecule has 7 heteroatoms. The molecule has 0 atom stereocenters. The van der Waals surface area contributed by atoms with E-state index in [0.717, 1.165) is 16.0 Å². The largest absolute Gasteiger partial charge is 0.355 e. The second kappa shape index (κ2) is 5.72. The van der Waals surface area contributed by atoms with Crippen molar-refractivity contribution < 1.29 is 9.32 Å². The van der Waals surface area contributed by atoms with Gasteiger partial charge in [-0.3, -0.25) is 4.79 Å². The number of aromatic nitrogens is 2. The van der Waals surface area contributed by atoms with E-state index in [9.17, 15) is 4.79 Å². The normalized spacial score (nSPS) is 12.4. The van der Waals surface area contributed by atoms with E-state index in [1.165, 1.54) is 6.20 Å². The van der Waals surface area contributed by atoms with Crippen LogP contribution in [0.3, 0.4) is 0 Å². The minimum Gasteiger partial charge on any atom is -0.355 e. The number of rotatable bonds is 2. The first-order valence-electron chi connectivity index (χ1n) is 6.86. The first-order chi connectivity index (χ1) is 11.2. The van der Waals surface area contributed by atoms with Crippen LogP contribution in [0.2, 0.25) is 5.02 Å². The highest BCUT2D eigenvalue weighted by Crippen LogP contribution is 2.42. The van der Waals surface area contributed by atoms with Gasteiger partial charge in [-0.2, -0.15) is 0 Å². The maximum Gasteiger partial charge on any atom is 0.279 e. The molecule has 0 saturated heterocycles. The molecule has 0 saturated carbocycles. The van der Waals surface area contributed by atoms with Crippen molar-refractivity contribution >= 4 is 35.1 Å². The van der Waals surface area contributed by atoms with Gasteiger partial charge in [0.2, 0.25) is 0 Å². The molecule has 1 aliphatic rings. The smallest absolute Gasteiger partial charge is 0.279 e. The van der Waals surface area contributed by atoms with Crippen LogP contribution < -0.4 is 5.32 Å². The summed E-state index contributed by atoms with van der Waals surface area (Å²) in [7, 11) is 0. The predicted octanol–water partition coefficient (Wildman–Crippen LogP) is 4.25. The average Bonchev–Trinajstić information content (AvgIpc) is 3.01. The van der Waals surface area contributed by atoms with Crippen molar-refractivity contribution in [3.05, 3.63) is 58.9 Å². The van der Waals surface area contributed by atoms with Gasteiger partial charge >= 0.3 is 0 Å². The Hall–Kier alpha value is -2.31. The summed E-state index contributed by atoms with van der Waals surface area (Å²) in [6.07, 6.45) is 1.47. The minimum absolute atomic E-state index is 0.291. The summed E-state index contributed by atoms with van der Waals surface area (Å²) in [5, 5.41) is 7.17. The van der Waals surface area contributed by atoms with Crippen molar-refractivity contribution in [1.29, 1.82) is 0 Å². The summed E-state index contributed by atoms with van der Waals surface area (Å²) in [6.45, 7) is 0. The van der Waals surface area contributed by atoms with Crippen LogP contribution in [0.1, 0.15) is 16.1 Å². The number of halogens is 1. The van der Waals surface area contributed by atoms with Crippen molar-refractivity contribution in [1.82, 2.24) is 10.1 Å². The van der Waals surface area contributed by atoms with E-state index in [1.807, 2.05) is 24.3 Å². The molecule has 0 aliphatic carbocycles. The fourth-order valence-electron chi connectivity index (χ4n) is 2.39. The van der Waals surface area contributed by atoms with Crippen LogP contribution in [-0.4, -0.2) is 16.0 Å². The van der Waals surface area contributed by atoms with Gasteiger partial charge in [-0.25, -0.2) is 4.98 Å². The number of benzene rings is 1. The van der Waals surface area contributed by atoms with Gasteiger partial charge < -0.3 is 9.84 Å². The highest BCUT2D eigenvalue weighted by atomic mass is 35.5. The van der Waals surface area contributed by atoms with E-state index >= 15 is 0 Å². The number of hydrogen-bond acceptors (Lipinski definition) is 5. The summed E-state index contributed by atoms with van der Waals surface area (Å²) in [4.78, 5) is 17.6. The highest BCUT2D eigenvalue weighted by Gasteiger charge is 2.28. The number of pyridine rings is 1. The van der Waals surface area contributed by atoms with E-state index in [1.54, 1.807) is 23.9 Å².